The van der Waals surface area contributed by atoms with Crippen molar-refractivity contribution in [2.75, 3.05) is 42.6 Å². The van der Waals surface area contributed by atoms with E-state index >= 15 is 0 Å². The highest BCUT2D eigenvalue weighted by molar-refractivity contribution is 14.0. The highest BCUT2D eigenvalue weighted by Gasteiger charge is 2.13. The molecule has 0 amide bonds. The first-order valence-electron chi connectivity index (χ1n) is 7.65. The second-order valence-electron chi connectivity index (χ2n) is 5.49. The maximum Gasteiger partial charge on any atom is 0.191 e. The fourth-order valence-electron chi connectivity index (χ4n) is 2.71. The molecule has 0 aromatic carbocycles. The largest absolute Gasteiger partial charge is 0.370 e. The first-order chi connectivity index (χ1) is 10.3. The SMILES string of the molecule is I.NC(=NCc1ccc(N2CCCC2)nc1)N1CCSCC1. The van der Waals surface area contributed by atoms with Crippen LogP contribution in [-0.2, 0) is 6.54 Å². The molecule has 2 fully saturated rings. The predicted molar refractivity (Wildman–Crippen MR) is 105 cm³/mol. The molecule has 0 atom stereocenters. The van der Waals surface area contributed by atoms with E-state index < -0.39 is 0 Å². The molecule has 3 heterocycles. The van der Waals surface area contributed by atoms with E-state index in [2.05, 4.69) is 31.9 Å². The van der Waals surface area contributed by atoms with Crippen LogP contribution in [0.25, 0.3) is 0 Å². The zero-order valence-corrected chi connectivity index (χ0v) is 15.9. The van der Waals surface area contributed by atoms with Crippen molar-refractivity contribution >= 4 is 47.5 Å². The number of pyridine rings is 1. The van der Waals surface area contributed by atoms with Crippen LogP contribution in [0.2, 0.25) is 0 Å². The lowest BCUT2D eigenvalue weighted by Crippen LogP contribution is -2.42. The summed E-state index contributed by atoms with van der Waals surface area (Å²) >= 11 is 1.98. The Morgan fingerprint density at radius 1 is 1.18 bits per heavy atom. The molecule has 7 heteroatoms. The topological polar surface area (TPSA) is 57.8 Å². The lowest BCUT2D eigenvalue weighted by molar-refractivity contribution is 0.455. The van der Waals surface area contributed by atoms with Crippen LogP contribution in [-0.4, -0.2) is 53.5 Å². The van der Waals surface area contributed by atoms with Crippen molar-refractivity contribution in [1.82, 2.24) is 9.88 Å². The van der Waals surface area contributed by atoms with E-state index in [1.807, 2.05) is 18.0 Å². The van der Waals surface area contributed by atoms with Gasteiger partial charge in [0.05, 0.1) is 6.54 Å². The number of aliphatic imine (C=N–C) groups is 1. The summed E-state index contributed by atoms with van der Waals surface area (Å²) in [6.45, 7) is 4.88. The quantitative estimate of drug-likeness (QED) is 0.450. The van der Waals surface area contributed by atoms with Crippen molar-refractivity contribution in [2.45, 2.75) is 19.4 Å². The van der Waals surface area contributed by atoms with Crippen molar-refractivity contribution in [3.8, 4) is 0 Å². The molecule has 0 aliphatic carbocycles. The normalized spacial score (nSPS) is 19.2. The Kier molecular flexibility index (Phi) is 7.07. The highest BCUT2D eigenvalue weighted by Crippen LogP contribution is 2.17. The summed E-state index contributed by atoms with van der Waals surface area (Å²) in [5.41, 5.74) is 7.18. The average Bonchev–Trinajstić information content (AvgIpc) is 3.08. The van der Waals surface area contributed by atoms with Gasteiger partial charge < -0.3 is 15.5 Å². The molecule has 0 unspecified atom stereocenters. The van der Waals surface area contributed by atoms with Gasteiger partial charge in [0, 0.05) is 43.9 Å². The Morgan fingerprint density at radius 3 is 2.55 bits per heavy atom. The molecular weight excluding hydrogens is 409 g/mol. The Hall–Kier alpha value is -0.700. The van der Waals surface area contributed by atoms with Crippen LogP contribution in [0.5, 0.6) is 0 Å². The third-order valence-electron chi connectivity index (χ3n) is 4.00. The minimum Gasteiger partial charge on any atom is -0.370 e. The molecule has 0 saturated carbocycles. The second kappa shape index (κ2) is 8.81. The van der Waals surface area contributed by atoms with Crippen LogP contribution in [0.3, 0.4) is 0 Å². The fourth-order valence-corrected chi connectivity index (χ4v) is 3.61. The van der Waals surface area contributed by atoms with Crippen LogP contribution in [0, 0.1) is 0 Å². The highest BCUT2D eigenvalue weighted by atomic mass is 127. The second-order valence-corrected chi connectivity index (χ2v) is 6.72. The zero-order chi connectivity index (χ0) is 14.5. The summed E-state index contributed by atoms with van der Waals surface area (Å²) in [6, 6.07) is 4.22. The maximum atomic E-state index is 6.06. The molecular formula is C15H24IN5S. The summed E-state index contributed by atoms with van der Waals surface area (Å²) in [5.74, 6) is 4.03. The number of hydrogen-bond donors (Lipinski definition) is 1. The van der Waals surface area contributed by atoms with Gasteiger partial charge >= 0.3 is 0 Å². The smallest absolute Gasteiger partial charge is 0.191 e. The van der Waals surface area contributed by atoms with E-state index in [-0.39, 0.29) is 24.0 Å². The number of aromatic nitrogens is 1. The van der Waals surface area contributed by atoms with Crippen LogP contribution >= 0.6 is 35.7 Å². The number of nitrogens with zero attached hydrogens (tertiary/aromatic N) is 4. The molecule has 2 aliphatic heterocycles. The summed E-state index contributed by atoms with van der Waals surface area (Å²) in [6.07, 6.45) is 4.48. The molecule has 2 saturated heterocycles. The van der Waals surface area contributed by atoms with E-state index in [0.29, 0.717) is 12.5 Å². The third-order valence-corrected chi connectivity index (χ3v) is 4.94. The number of halogens is 1. The molecule has 122 valence electrons. The minimum absolute atomic E-state index is 0. The maximum absolute atomic E-state index is 6.06. The van der Waals surface area contributed by atoms with Crippen molar-refractivity contribution in [3.05, 3.63) is 23.9 Å². The number of guanidine groups is 1. The summed E-state index contributed by atoms with van der Waals surface area (Å²) < 4.78 is 0. The van der Waals surface area contributed by atoms with Gasteiger partial charge in [-0.15, -0.1) is 24.0 Å². The lowest BCUT2D eigenvalue weighted by atomic mass is 10.3. The summed E-state index contributed by atoms with van der Waals surface area (Å²) in [5, 5.41) is 0. The fraction of sp³-hybridized carbons (Fsp3) is 0.600. The molecule has 2 aliphatic rings. The molecule has 0 bridgehead atoms. The molecule has 3 rings (SSSR count). The average molecular weight is 433 g/mol. The van der Waals surface area contributed by atoms with Gasteiger partial charge in [-0.2, -0.15) is 11.8 Å². The van der Waals surface area contributed by atoms with E-state index in [0.717, 1.165) is 49.1 Å². The van der Waals surface area contributed by atoms with Crippen LogP contribution < -0.4 is 10.6 Å². The number of thioether (sulfide) groups is 1. The van der Waals surface area contributed by atoms with E-state index in [1.165, 1.54) is 12.8 Å². The van der Waals surface area contributed by atoms with E-state index in [1.54, 1.807) is 0 Å². The molecule has 1 aromatic rings. The Bertz CT molecular complexity index is 481. The van der Waals surface area contributed by atoms with Gasteiger partial charge in [0.15, 0.2) is 5.96 Å². The number of rotatable bonds is 3. The Balaban J connectivity index is 0.00000176. The molecule has 2 N–H and O–H groups in total. The van der Waals surface area contributed by atoms with Gasteiger partial charge in [-0.05, 0) is 24.5 Å². The Labute approximate surface area is 153 Å². The van der Waals surface area contributed by atoms with Crippen LogP contribution in [0.15, 0.2) is 23.3 Å². The van der Waals surface area contributed by atoms with Crippen molar-refractivity contribution in [2.24, 2.45) is 10.7 Å². The number of anilines is 1. The van der Waals surface area contributed by atoms with E-state index in [4.69, 9.17) is 5.73 Å². The first kappa shape index (κ1) is 17.7. The van der Waals surface area contributed by atoms with Gasteiger partial charge in [0.2, 0.25) is 0 Å². The van der Waals surface area contributed by atoms with Crippen molar-refractivity contribution in [1.29, 1.82) is 0 Å². The monoisotopic (exact) mass is 433 g/mol. The first-order valence-corrected chi connectivity index (χ1v) is 8.81. The third kappa shape index (κ3) is 4.65. The van der Waals surface area contributed by atoms with Gasteiger partial charge in [-0.25, -0.2) is 9.98 Å². The molecule has 0 spiro atoms. The lowest BCUT2D eigenvalue weighted by Gasteiger charge is -2.27. The van der Waals surface area contributed by atoms with Crippen LogP contribution in [0.4, 0.5) is 5.82 Å². The Morgan fingerprint density at radius 2 is 1.91 bits per heavy atom. The summed E-state index contributed by atoms with van der Waals surface area (Å²) in [7, 11) is 0. The minimum atomic E-state index is 0. The molecule has 0 radical (unpaired) electrons. The van der Waals surface area contributed by atoms with Gasteiger partial charge in [-0.1, -0.05) is 6.07 Å². The molecule has 22 heavy (non-hydrogen) atoms. The predicted octanol–water partition coefficient (Wildman–Crippen LogP) is 2.16. The van der Waals surface area contributed by atoms with Gasteiger partial charge in [0.25, 0.3) is 0 Å². The molecule has 1 aromatic heterocycles. The van der Waals surface area contributed by atoms with Crippen molar-refractivity contribution < 1.29 is 0 Å². The summed E-state index contributed by atoms with van der Waals surface area (Å²) in [4.78, 5) is 13.6. The zero-order valence-electron chi connectivity index (χ0n) is 12.8. The number of nitrogens with two attached hydrogens (primary N) is 1. The van der Waals surface area contributed by atoms with Crippen molar-refractivity contribution in [3.63, 3.8) is 0 Å². The number of hydrogen-bond acceptors (Lipinski definition) is 4. The van der Waals surface area contributed by atoms with E-state index in [9.17, 15) is 0 Å². The molecule has 5 nitrogen and oxygen atoms in total. The standard InChI is InChI=1S/C15H23N5S.HI/c16-15(20-7-9-21-10-8-20)18-12-13-3-4-14(17-11-13)19-5-1-2-6-19;/h3-4,11H,1-2,5-10,12H2,(H2,16,18);1H. The van der Waals surface area contributed by atoms with Gasteiger partial charge in [-0.3, -0.25) is 0 Å². The van der Waals surface area contributed by atoms with Gasteiger partial charge in [0.1, 0.15) is 5.82 Å². The van der Waals surface area contributed by atoms with Crippen LogP contribution in [0.1, 0.15) is 18.4 Å².